The van der Waals surface area contributed by atoms with Gasteiger partial charge in [-0.15, -0.1) is 0 Å². The van der Waals surface area contributed by atoms with Gasteiger partial charge >= 0.3 is 0 Å². The van der Waals surface area contributed by atoms with Crippen LogP contribution in [-0.4, -0.2) is 59.2 Å². The van der Waals surface area contributed by atoms with Crippen molar-refractivity contribution in [2.75, 3.05) is 32.8 Å². The summed E-state index contributed by atoms with van der Waals surface area (Å²) >= 11 is 0. The topological polar surface area (TPSA) is 100 Å². The highest BCUT2D eigenvalue weighted by Gasteiger charge is 2.48. The Morgan fingerprint density at radius 3 is 2.54 bits per heavy atom. The van der Waals surface area contributed by atoms with Crippen LogP contribution in [0.15, 0.2) is 47.4 Å². The number of carbonyl (C=O) groups excluding carboxylic acids is 1. The van der Waals surface area contributed by atoms with Crippen LogP contribution in [0, 0.1) is 16.7 Å². The van der Waals surface area contributed by atoms with Crippen molar-refractivity contribution >= 4 is 16.9 Å². The summed E-state index contributed by atoms with van der Waals surface area (Å²) in [5.41, 5.74) is 3.27. The third kappa shape index (κ3) is 4.65. The first-order valence-corrected chi connectivity index (χ1v) is 13.2. The van der Waals surface area contributed by atoms with E-state index in [1.165, 1.54) is 19.3 Å². The summed E-state index contributed by atoms with van der Waals surface area (Å²) in [6, 6.07) is 13.3. The number of benzene rings is 1. The quantitative estimate of drug-likeness (QED) is 0.561. The molecule has 1 spiro atoms. The van der Waals surface area contributed by atoms with Gasteiger partial charge < -0.3 is 10.1 Å². The second kappa shape index (κ2) is 9.73. The van der Waals surface area contributed by atoms with Crippen LogP contribution < -0.4 is 10.9 Å². The lowest BCUT2D eigenvalue weighted by Gasteiger charge is -2.54. The lowest BCUT2D eigenvalue weighted by Crippen LogP contribution is -2.54. The van der Waals surface area contributed by atoms with Gasteiger partial charge in [0.05, 0.1) is 24.8 Å². The van der Waals surface area contributed by atoms with E-state index in [0.717, 1.165) is 42.4 Å². The summed E-state index contributed by atoms with van der Waals surface area (Å²) in [5.74, 6) is -0.296. The molecule has 3 aromatic rings. The van der Waals surface area contributed by atoms with Crippen LogP contribution in [-0.2, 0) is 11.3 Å². The van der Waals surface area contributed by atoms with E-state index in [4.69, 9.17) is 10.00 Å². The minimum Gasteiger partial charge on any atom is -0.379 e. The van der Waals surface area contributed by atoms with E-state index in [1.54, 1.807) is 29.0 Å². The SMILES string of the molecule is N#Cc1ccc(-c2cnc3c(c2)cc(C(=O)NC2CC4(CCC4)C2)c(=O)n3CCN2CCOCC2)cc1. The van der Waals surface area contributed by atoms with Gasteiger partial charge in [-0.25, -0.2) is 4.98 Å². The number of hydrogen-bond donors (Lipinski definition) is 1. The van der Waals surface area contributed by atoms with Gasteiger partial charge in [0, 0.05) is 49.4 Å². The van der Waals surface area contributed by atoms with Crippen molar-refractivity contribution in [1.82, 2.24) is 19.8 Å². The van der Waals surface area contributed by atoms with E-state index in [0.29, 0.717) is 42.9 Å². The van der Waals surface area contributed by atoms with Crippen molar-refractivity contribution in [3.05, 3.63) is 64.1 Å². The van der Waals surface area contributed by atoms with Crippen molar-refractivity contribution in [2.24, 2.45) is 5.41 Å². The monoisotopic (exact) mass is 497 g/mol. The average Bonchev–Trinajstić information content (AvgIpc) is 2.89. The summed E-state index contributed by atoms with van der Waals surface area (Å²) in [7, 11) is 0. The molecule has 8 nitrogen and oxygen atoms in total. The lowest BCUT2D eigenvalue weighted by molar-refractivity contribution is -0.000652. The predicted molar refractivity (Wildman–Crippen MR) is 140 cm³/mol. The molecule has 3 heterocycles. The van der Waals surface area contributed by atoms with Gasteiger partial charge in [0.1, 0.15) is 11.2 Å². The molecule has 1 aliphatic heterocycles. The second-order valence-corrected chi connectivity index (χ2v) is 10.7. The molecule has 3 fully saturated rings. The first kappa shape index (κ1) is 23.8. The third-order valence-electron chi connectivity index (χ3n) is 8.37. The van der Waals surface area contributed by atoms with Crippen LogP contribution in [0.1, 0.15) is 48.0 Å². The van der Waals surface area contributed by atoms with Crippen LogP contribution >= 0.6 is 0 Å². The summed E-state index contributed by atoms with van der Waals surface area (Å²) in [5, 5.41) is 13.0. The maximum Gasteiger partial charge on any atom is 0.265 e. The normalized spacial score (nSPS) is 19.2. The van der Waals surface area contributed by atoms with Crippen LogP contribution in [0.3, 0.4) is 0 Å². The first-order valence-electron chi connectivity index (χ1n) is 13.2. The van der Waals surface area contributed by atoms with E-state index in [2.05, 4.69) is 21.3 Å². The highest BCUT2D eigenvalue weighted by atomic mass is 16.5. The predicted octanol–water partition coefficient (Wildman–Crippen LogP) is 3.33. The molecule has 0 unspecified atom stereocenters. The van der Waals surface area contributed by atoms with Crippen molar-refractivity contribution in [3.63, 3.8) is 0 Å². The highest BCUT2D eigenvalue weighted by Crippen LogP contribution is 2.55. The van der Waals surface area contributed by atoms with Crippen LogP contribution in [0.25, 0.3) is 22.2 Å². The van der Waals surface area contributed by atoms with Crippen molar-refractivity contribution < 1.29 is 9.53 Å². The van der Waals surface area contributed by atoms with Gasteiger partial charge in [0.25, 0.3) is 11.5 Å². The number of carbonyl (C=O) groups is 1. The summed E-state index contributed by atoms with van der Waals surface area (Å²) in [4.78, 5) is 33.8. The van der Waals surface area contributed by atoms with Gasteiger partial charge in [0.2, 0.25) is 0 Å². The molecule has 6 rings (SSSR count). The number of nitriles is 1. The fourth-order valence-corrected chi connectivity index (χ4v) is 6.03. The fourth-order valence-electron chi connectivity index (χ4n) is 6.03. The van der Waals surface area contributed by atoms with E-state index < -0.39 is 0 Å². The Kier molecular flexibility index (Phi) is 6.27. The number of morpholine rings is 1. The second-order valence-electron chi connectivity index (χ2n) is 10.7. The largest absolute Gasteiger partial charge is 0.379 e. The van der Waals surface area contributed by atoms with E-state index in [-0.39, 0.29) is 23.1 Å². The number of hydrogen-bond acceptors (Lipinski definition) is 6. The average molecular weight is 498 g/mol. The number of amides is 1. The number of ether oxygens (including phenoxy) is 1. The Labute approximate surface area is 215 Å². The van der Waals surface area contributed by atoms with Gasteiger partial charge in [-0.05, 0) is 60.9 Å². The Balaban J connectivity index is 1.33. The van der Waals surface area contributed by atoms with E-state index in [9.17, 15) is 9.59 Å². The molecule has 2 aromatic heterocycles. The molecule has 2 aliphatic carbocycles. The van der Waals surface area contributed by atoms with Gasteiger partial charge in [-0.2, -0.15) is 5.26 Å². The van der Waals surface area contributed by atoms with E-state index >= 15 is 0 Å². The molecule has 0 radical (unpaired) electrons. The Morgan fingerprint density at radius 2 is 1.86 bits per heavy atom. The molecule has 0 bridgehead atoms. The summed E-state index contributed by atoms with van der Waals surface area (Å²) in [6.45, 7) is 4.17. The Hall–Kier alpha value is -3.54. The molecule has 190 valence electrons. The van der Waals surface area contributed by atoms with Crippen molar-refractivity contribution in [2.45, 2.75) is 44.7 Å². The fraction of sp³-hybridized carbons (Fsp3) is 0.448. The Morgan fingerprint density at radius 1 is 1.11 bits per heavy atom. The zero-order valence-corrected chi connectivity index (χ0v) is 20.9. The maximum atomic E-state index is 13.6. The van der Waals surface area contributed by atoms with Crippen LogP contribution in [0.4, 0.5) is 0 Å². The molecule has 0 atom stereocenters. The molecule has 8 heteroatoms. The third-order valence-corrected chi connectivity index (χ3v) is 8.37. The van der Waals surface area contributed by atoms with Crippen LogP contribution in [0.2, 0.25) is 0 Å². The lowest BCUT2D eigenvalue weighted by atomic mass is 9.54. The standard InChI is InChI=1S/C29H31N5O3/c30-18-20-2-4-21(5-3-20)23-14-22-15-25(27(35)32-24-16-29(17-24)6-1-7-29)28(36)34(26(22)31-19-23)9-8-33-10-12-37-13-11-33/h2-5,14-15,19,24H,1,6-13,16-17H2,(H,32,35). The van der Waals surface area contributed by atoms with Crippen molar-refractivity contribution in [1.29, 1.82) is 5.26 Å². The maximum absolute atomic E-state index is 13.6. The van der Waals surface area contributed by atoms with Gasteiger partial charge in [-0.3, -0.25) is 19.1 Å². The molecular formula is C29H31N5O3. The number of nitrogens with one attached hydrogen (secondary N) is 1. The molecule has 37 heavy (non-hydrogen) atoms. The summed E-state index contributed by atoms with van der Waals surface area (Å²) < 4.78 is 7.10. The van der Waals surface area contributed by atoms with Gasteiger partial charge in [0.15, 0.2) is 0 Å². The molecule has 1 N–H and O–H groups in total. The van der Waals surface area contributed by atoms with Crippen LogP contribution in [0.5, 0.6) is 0 Å². The summed E-state index contributed by atoms with van der Waals surface area (Å²) in [6.07, 6.45) is 7.58. The zero-order valence-electron chi connectivity index (χ0n) is 20.9. The van der Waals surface area contributed by atoms with Crippen molar-refractivity contribution in [3.8, 4) is 17.2 Å². The molecule has 1 amide bonds. The highest BCUT2D eigenvalue weighted by molar-refractivity contribution is 5.97. The molecule has 2 saturated carbocycles. The minimum atomic E-state index is -0.297. The zero-order chi connectivity index (χ0) is 25.4. The molecule has 3 aliphatic rings. The smallest absolute Gasteiger partial charge is 0.265 e. The number of fused-ring (bicyclic) bond motifs is 1. The number of rotatable bonds is 6. The van der Waals surface area contributed by atoms with Gasteiger partial charge in [-0.1, -0.05) is 18.6 Å². The number of pyridine rings is 2. The van der Waals surface area contributed by atoms with E-state index in [1.807, 2.05) is 18.2 Å². The number of nitrogens with zero attached hydrogens (tertiary/aromatic N) is 4. The number of aromatic nitrogens is 2. The molecular weight excluding hydrogens is 466 g/mol. The minimum absolute atomic E-state index is 0.146. The molecule has 1 aromatic carbocycles. The molecule has 1 saturated heterocycles. The Bertz CT molecular complexity index is 1420. The first-order chi connectivity index (χ1) is 18.0.